The van der Waals surface area contributed by atoms with Gasteiger partial charge in [0.05, 0.1) is 17.6 Å². The van der Waals surface area contributed by atoms with Crippen LogP contribution in [0.1, 0.15) is 5.56 Å². The van der Waals surface area contributed by atoms with E-state index < -0.39 is 5.82 Å². The third kappa shape index (κ3) is 2.65. The number of tetrazole rings is 1. The number of nitrogens with zero attached hydrogens (tertiary/aromatic N) is 5. The van der Waals surface area contributed by atoms with E-state index in [1.807, 2.05) is 6.07 Å². The highest BCUT2D eigenvalue weighted by atomic mass is 35.5. The lowest BCUT2D eigenvalue weighted by Gasteiger charge is -2.11. The van der Waals surface area contributed by atoms with Gasteiger partial charge >= 0.3 is 0 Å². The number of aromatic nitrogens is 5. The summed E-state index contributed by atoms with van der Waals surface area (Å²) in [4.78, 5) is 1.33. The molecular formula is C17H13Cl2FN6. The molecule has 2 N–H and O–H groups in total. The van der Waals surface area contributed by atoms with Crippen molar-refractivity contribution >= 4 is 34.1 Å². The fourth-order valence-corrected chi connectivity index (χ4v) is 3.40. The van der Waals surface area contributed by atoms with Crippen molar-refractivity contribution in [3.05, 3.63) is 57.8 Å². The van der Waals surface area contributed by atoms with Crippen LogP contribution in [0.2, 0.25) is 10.0 Å². The Morgan fingerprint density at radius 3 is 2.62 bits per heavy atom. The first kappa shape index (κ1) is 17.0. The smallest absolute Gasteiger partial charge is 0.223 e. The highest BCUT2D eigenvalue weighted by Crippen LogP contribution is 2.39. The molecule has 0 aliphatic rings. The van der Waals surface area contributed by atoms with Gasteiger partial charge in [0, 0.05) is 28.2 Å². The second kappa shape index (κ2) is 6.35. The molecule has 0 saturated heterocycles. The average Bonchev–Trinajstić information content (AvgIpc) is 3.16. The number of fused-ring (bicyclic) bond motifs is 1. The second-order valence-corrected chi connectivity index (χ2v) is 6.56. The minimum atomic E-state index is -0.394. The molecule has 0 spiro atoms. The first-order valence-electron chi connectivity index (χ1n) is 7.72. The molecule has 9 heteroatoms. The molecule has 6 nitrogen and oxygen atoms in total. The molecule has 0 amide bonds. The van der Waals surface area contributed by atoms with Gasteiger partial charge in [0.15, 0.2) is 0 Å². The maximum absolute atomic E-state index is 14.4. The number of halogens is 3. The first-order chi connectivity index (χ1) is 12.5. The highest BCUT2D eigenvalue weighted by Gasteiger charge is 2.22. The number of hydrogen-bond acceptors (Lipinski definition) is 4. The fraction of sp³-hybridized carbons (Fsp3) is 0.118. The second-order valence-electron chi connectivity index (χ2n) is 5.74. The van der Waals surface area contributed by atoms with Crippen LogP contribution in [0.25, 0.3) is 28.1 Å². The Hall–Kier alpha value is -2.48. The van der Waals surface area contributed by atoms with E-state index in [9.17, 15) is 4.39 Å². The Labute approximate surface area is 157 Å². The molecule has 2 heterocycles. The van der Waals surface area contributed by atoms with Gasteiger partial charge in [-0.15, -0.1) is 10.2 Å². The molecule has 0 aliphatic heterocycles. The molecule has 2 aromatic heterocycles. The molecule has 4 aromatic rings. The summed E-state index contributed by atoms with van der Waals surface area (Å²) in [7, 11) is 1.66. The predicted molar refractivity (Wildman–Crippen MR) is 98.9 cm³/mol. The molecule has 0 bridgehead atoms. The molecule has 0 unspecified atom stereocenters. The van der Waals surface area contributed by atoms with Gasteiger partial charge in [0.25, 0.3) is 0 Å². The summed E-state index contributed by atoms with van der Waals surface area (Å²) in [5, 5.41) is 13.8. The van der Waals surface area contributed by atoms with Crippen LogP contribution in [0.5, 0.6) is 0 Å². The Kier molecular flexibility index (Phi) is 4.14. The normalized spacial score (nSPS) is 11.4. The summed E-state index contributed by atoms with van der Waals surface area (Å²) in [6.45, 7) is 0.119. The SMILES string of the molecule is Cn1nnc(-c2c(Cl)c3cc(Cl)ccc3n2-c2ccc(CN)c(F)c2)n1. The fourth-order valence-electron chi connectivity index (χ4n) is 2.91. The van der Waals surface area contributed by atoms with Crippen molar-refractivity contribution in [3.63, 3.8) is 0 Å². The van der Waals surface area contributed by atoms with Crippen LogP contribution < -0.4 is 5.73 Å². The lowest BCUT2D eigenvalue weighted by molar-refractivity contribution is 0.609. The lowest BCUT2D eigenvalue weighted by atomic mass is 10.2. The van der Waals surface area contributed by atoms with Crippen molar-refractivity contribution < 1.29 is 4.39 Å². The summed E-state index contributed by atoms with van der Waals surface area (Å²) < 4.78 is 16.1. The van der Waals surface area contributed by atoms with Gasteiger partial charge in [-0.25, -0.2) is 4.39 Å². The predicted octanol–water partition coefficient (Wildman–Crippen LogP) is 3.73. The zero-order chi connectivity index (χ0) is 18.4. The maximum atomic E-state index is 14.4. The zero-order valence-corrected chi connectivity index (χ0v) is 15.1. The first-order valence-corrected chi connectivity index (χ1v) is 8.48. The monoisotopic (exact) mass is 390 g/mol. The summed E-state index contributed by atoms with van der Waals surface area (Å²) in [5.41, 5.74) is 7.82. The number of aryl methyl sites for hydroxylation is 1. The van der Waals surface area contributed by atoms with Gasteiger partial charge in [-0.3, -0.25) is 0 Å². The molecule has 26 heavy (non-hydrogen) atoms. The summed E-state index contributed by atoms with van der Waals surface area (Å²) in [6, 6.07) is 10.1. The molecule has 0 atom stereocenters. The number of benzene rings is 2. The molecular weight excluding hydrogens is 378 g/mol. The van der Waals surface area contributed by atoms with E-state index in [0.29, 0.717) is 38.2 Å². The summed E-state index contributed by atoms with van der Waals surface area (Å²) in [6.07, 6.45) is 0. The number of rotatable bonds is 3. The van der Waals surface area contributed by atoms with Crippen molar-refractivity contribution in [3.8, 4) is 17.2 Å². The Balaban J connectivity index is 2.08. The quantitative estimate of drug-likeness (QED) is 0.578. The van der Waals surface area contributed by atoms with Crippen molar-refractivity contribution in [1.82, 2.24) is 24.8 Å². The Bertz CT molecular complexity index is 1130. The summed E-state index contributed by atoms with van der Waals surface area (Å²) in [5.74, 6) is -0.0666. The minimum absolute atomic E-state index is 0.119. The number of nitrogens with two attached hydrogens (primary N) is 1. The molecule has 132 valence electrons. The third-order valence-electron chi connectivity index (χ3n) is 4.10. The van der Waals surface area contributed by atoms with E-state index >= 15 is 0 Å². The largest absolute Gasteiger partial charge is 0.326 e. The van der Waals surface area contributed by atoms with E-state index in [1.165, 1.54) is 10.9 Å². The summed E-state index contributed by atoms with van der Waals surface area (Å²) >= 11 is 12.7. The molecule has 0 radical (unpaired) electrons. The third-order valence-corrected chi connectivity index (χ3v) is 4.72. The van der Waals surface area contributed by atoms with Crippen LogP contribution in [-0.4, -0.2) is 24.8 Å². The molecule has 2 aromatic carbocycles. The van der Waals surface area contributed by atoms with Gasteiger partial charge in [-0.1, -0.05) is 29.3 Å². The van der Waals surface area contributed by atoms with Crippen LogP contribution in [0.15, 0.2) is 36.4 Å². The van der Waals surface area contributed by atoms with Crippen molar-refractivity contribution in [1.29, 1.82) is 0 Å². The van der Waals surface area contributed by atoms with E-state index in [1.54, 1.807) is 35.9 Å². The Morgan fingerprint density at radius 1 is 1.15 bits per heavy atom. The van der Waals surface area contributed by atoms with Crippen LogP contribution in [0, 0.1) is 5.82 Å². The molecule has 0 saturated carbocycles. The van der Waals surface area contributed by atoms with Crippen molar-refractivity contribution in [2.75, 3.05) is 0 Å². The standard InChI is InChI=1S/C17H13Cl2FN6/c1-25-23-17(22-24-25)16-15(19)12-6-10(18)3-5-14(12)26(16)11-4-2-9(8-21)13(20)7-11/h2-7H,8,21H2,1H3. The Morgan fingerprint density at radius 2 is 1.96 bits per heavy atom. The highest BCUT2D eigenvalue weighted by molar-refractivity contribution is 6.39. The van der Waals surface area contributed by atoms with Crippen LogP contribution in [0.3, 0.4) is 0 Å². The van der Waals surface area contributed by atoms with Gasteiger partial charge < -0.3 is 10.3 Å². The van der Waals surface area contributed by atoms with E-state index in [0.717, 1.165) is 5.52 Å². The van der Waals surface area contributed by atoms with Gasteiger partial charge in [0.2, 0.25) is 5.82 Å². The van der Waals surface area contributed by atoms with E-state index in [-0.39, 0.29) is 6.54 Å². The van der Waals surface area contributed by atoms with Gasteiger partial charge in [0.1, 0.15) is 11.5 Å². The van der Waals surface area contributed by atoms with Gasteiger partial charge in [-0.2, -0.15) is 4.80 Å². The average molecular weight is 391 g/mol. The van der Waals surface area contributed by atoms with Crippen molar-refractivity contribution in [2.24, 2.45) is 12.8 Å². The molecule has 0 fully saturated rings. The van der Waals surface area contributed by atoms with Crippen molar-refractivity contribution in [2.45, 2.75) is 6.54 Å². The van der Waals surface area contributed by atoms with E-state index in [4.69, 9.17) is 28.9 Å². The van der Waals surface area contributed by atoms with Crippen LogP contribution >= 0.6 is 23.2 Å². The maximum Gasteiger partial charge on any atom is 0.223 e. The topological polar surface area (TPSA) is 74.5 Å². The van der Waals surface area contributed by atoms with Crippen LogP contribution in [-0.2, 0) is 13.6 Å². The molecule has 0 aliphatic carbocycles. The van der Waals surface area contributed by atoms with Gasteiger partial charge in [-0.05, 0) is 35.5 Å². The number of hydrogen-bond donors (Lipinski definition) is 1. The van der Waals surface area contributed by atoms with Crippen LogP contribution in [0.4, 0.5) is 4.39 Å². The molecule has 4 rings (SSSR count). The van der Waals surface area contributed by atoms with E-state index in [2.05, 4.69) is 15.4 Å². The lowest BCUT2D eigenvalue weighted by Crippen LogP contribution is -2.03. The zero-order valence-electron chi connectivity index (χ0n) is 13.6. The minimum Gasteiger partial charge on any atom is -0.326 e.